The molecule has 4 nitrogen and oxygen atoms in total. The maximum Gasteiger partial charge on any atom is 0.410 e. The first-order valence-electron chi connectivity index (χ1n) is 7.97. The molecule has 2 aliphatic heterocycles. The summed E-state index contributed by atoms with van der Waals surface area (Å²) >= 11 is 0. The Morgan fingerprint density at radius 2 is 1.86 bits per heavy atom. The molecule has 2 fully saturated rings. The highest BCUT2D eigenvalue weighted by Gasteiger charge is 2.41. The summed E-state index contributed by atoms with van der Waals surface area (Å²) in [4.78, 5) is 14.5. The summed E-state index contributed by atoms with van der Waals surface area (Å²) in [5.74, 6) is 0.568. The highest BCUT2D eigenvalue weighted by Crippen LogP contribution is 2.37. The van der Waals surface area contributed by atoms with Crippen LogP contribution >= 0.6 is 0 Å². The van der Waals surface area contributed by atoms with Crippen LogP contribution in [-0.4, -0.2) is 29.6 Å². The molecule has 0 aromatic heterocycles. The first-order valence-corrected chi connectivity index (χ1v) is 7.97. The van der Waals surface area contributed by atoms with Gasteiger partial charge >= 0.3 is 6.09 Å². The normalized spacial score (nSPS) is 28.2. The SMILES string of the molecule is NCC1CC2CCCC(C1)N2C(=O)OCc1ccccc1. The Balaban J connectivity index is 1.61. The van der Waals surface area contributed by atoms with Crippen molar-refractivity contribution in [3.8, 4) is 0 Å². The minimum absolute atomic E-state index is 0.149. The second kappa shape index (κ2) is 6.48. The molecule has 2 bridgehead atoms. The Bertz CT molecular complexity index is 463. The number of hydrogen-bond donors (Lipinski definition) is 1. The van der Waals surface area contributed by atoms with E-state index in [4.69, 9.17) is 10.5 Å². The van der Waals surface area contributed by atoms with E-state index in [2.05, 4.69) is 0 Å². The van der Waals surface area contributed by atoms with Crippen LogP contribution in [0.2, 0.25) is 0 Å². The number of nitrogens with zero attached hydrogens (tertiary/aromatic N) is 1. The molecular formula is C17H24N2O2. The minimum atomic E-state index is -0.149. The van der Waals surface area contributed by atoms with Gasteiger partial charge in [0.15, 0.2) is 0 Å². The lowest BCUT2D eigenvalue weighted by Crippen LogP contribution is -2.55. The van der Waals surface area contributed by atoms with Crippen LogP contribution < -0.4 is 5.73 Å². The predicted molar refractivity (Wildman–Crippen MR) is 81.7 cm³/mol. The second-order valence-corrected chi connectivity index (χ2v) is 6.26. The summed E-state index contributed by atoms with van der Waals surface area (Å²) in [5, 5.41) is 0. The number of amides is 1. The van der Waals surface area contributed by atoms with Crippen molar-refractivity contribution < 1.29 is 9.53 Å². The lowest BCUT2D eigenvalue weighted by atomic mass is 9.79. The van der Waals surface area contributed by atoms with Crippen molar-refractivity contribution in [3.63, 3.8) is 0 Å². The monoisotopic (exact) mass is 288 g/mol. The number of rotatable bonds is 3. The summed E-state index contributed by atoms with van der Waals surface area (Å²) in [6, 6.07) is 10.5. The standard InChI is InChI=1S/C17H24N2O2/c18-11-14-9-15-7-4-8-16(10-14)19(15)17(20)21-12-13-5-2-1-3-6-13/h1-3,5-6,14-16H,4,7-12,18H2. The fraction of sp³-hybridized carbons (Fsp3) is 0.588. The van der Waals surface area contributed by atoms with E-state index in [1.165, 1.54) is 6.42 Å². The highest BCUT2D eigenvalue weighted by atomic mass is 16.6. The van der Waals surface area contributed by atoms with Gasteiger partial charge in [-0.3, -0.25) is 0 Å². The minimum Gasteiger partial charge on any atom is -0.445 e. The van der Waals surface area contributed by atoms with E-state index in [1.54, 1.807) is 0 Å². The molecule has 0 radical (unpaired) electrons. The van der Waals surface area contributed by atoms with Gasteiger partial charge in [0.25, 0.3) is 0 Å². The molecule has 2 aliphatic rings. The zero-order valence-electron chi connectivity index (χ0n) is 12.4. The number of carbonyl (C=O) groups excluding carboxylic acids is 1. The molecule has 114 valence electrons. The molecule has 21 heavy (non-hydrogen) atoms. The van der Waals surface area contributed by atoms with Gasteiger partial charge < -0.3 is 15.4 Å². The molecule has 4 heteroatoms. The highest BCUT2D eigenvalue weighted by molar-refractivity contribution is 5.69. The molecule has 1 aromatic rings. The predicted octanol–water partition coefficient (Wildman–Crippen LogP) is 2.92. The lowest BCUT2D eigenvalue weighted by molar-refractivity contribution is 0.00455. The van der Waals surface area contributed by atoms with E-state index in [0.717, 1.165) is 37.8 Å². The molecule has 1 aromatic carbocycles. The van der Waals surface area contributed by atoms with Crippen molar-refractivity contribution in [1.29, 1.82) is 0 Å². The molecule has 2 unspecified atom stereocenters. The van der Waals surface area contributed by atoms with E-state index in [1.807, 2.05) is 35.2 Å². The number of fused-ring (bicyclic) bond motifs is 2. The Labute approximate surface area is 126 Å². The molecule has 2 N–H and O–H groups in total. The smallest absolute Gasteiger partial charge is 0.410 e. The molecule has 2 heterocycles. The molecule has 0 saturated carbocycles. The van der Waals surface area contributed by atoms with E-state index < -0.39 is 0 Å². The zero-order valence-corrected chi connectivity index (χ0v) is 12.4. The second-order valence-electron chi connectivity index (χ2n) is 6.26. The Hall–Kier alpha value is -1.55. The summed E-state index contributed by atoms with van der Waals surface area (Å²) in [6.45, 7) is 1.09. The van der Waals surface area contributed by atoms with Gasteiger partial charge in [-0.05, 0) is 50.1 Å². The molecule has 2 atom stereocenters. The van der Waals surface area contributed by atoms with Crippen LogP contribution in [0.3, 0.4) is 0 Å². The maximum atomic E-state index is 12.5. The molecule has 1 amide bonds. The fourth-order valence-corrected chi connectivity index (χ4v) is 3.78. The maximum absolute atomic E-state index is 12.5. The first kappa shape index (κ1) is 14.4. The van der Waals surface area contributed by atoms with Crippen LogP contribution in [0, 0.1) is 5.92 Å². The largest absolute Gasteiger partial charge is 0.445 e. The Kier molecular flexibility index (Phi) is 4.44. The first-order chi connectivity index (χ1) is 10.3. The number of hydrogen-bond acceptors (Lipinski definition) is 3. The van der Waals surface area contributed by atoms with Crippen LogP contribution in [-0.2, 0) is 11.3 Å². The number of piperidine rings is 2. The van der Waals surface area contributed by atoms with Crippen molar-refractivity contribution in [2.24, 2.45) is 11.7 Å². The van der Waals surface area contributed by atoms with Gasteiger partial charge in [0.2, 0.25) is 0 Å². The molecule has 3 rings (SSSR count). The number of ether oxygens (including phenoxy) is 1. The van der Waals surface area contributed by atoms with Gasteiger partial charge in [-0.25, -0.2) is 4.79 Å². The molecular weight excluding hydrogens is 264 g/mol. The van der Waals surface area contributed by atoms with E-state index in [9.17, 15) is 4.79 Å². The van der Waals surface area contributed by atoms with Gasteiger partial charge in [-0.15, -0.1) is 0 Å². The van der Waals surface area contributed by atoms with Crippen LogP contribution in [0.5, 0.6) is 0 Å². The van der Waals surface area contributed by atoms with Gasteiger partial charge in [0.05, 0.1) is 0 Å². The number of benzene rings is 1. The van der Waals surface area contributed by atoms with E-state index in [0.29, 0.717) is 24.6 Å². The summed E-state index contributed by atoms with van der Waals surface area (Å²) in [7, 11) is 0. The quantitative estimate of drug-likeness (QED) is 0.930. The average Bonchev–Trinajstić information content (AvgIpc) is 2.52. The third-order valence-electron chi connectivity index (χ3n) is 4.82. The Morgan fingerprint density at radius 1 is 1.19 bits per heavy atom. The van der Waals surface area contributed by atoms with Crippen LogP contribution in [0.15, 0.2) is 30.3 Å². The number of carbonyl (C=O) groups is 1. The van der Waals surface area contributed by atoms with Crippen molar-refractivity contribution >= 4 is 6.09 Å². The van der Waals surface area contributed by atoms with Crippen molar-refractivity contribution in [1.82, 2.24) is 4.90 Å². The third-order valence-corrected chi connectivity index (χ3v) is 4.82. The van der Waals surface area contributed by atoms with Crippen LogP contribution in [0.1, 0.15) is 37.7 Å². The van der Waals surface area contributed by atoms with Crippen molar-refractivity contribution in [3.05, 3.63) is 35.9 Å². The fourth-order valence-electron chi connectivity index (χ4n) is 3.78. The summed E-state index contributed by atoms with van der Waals surface area (Å²) < 4.78 is 5.53. The van der Waals surface area contributed by atoms with Crippen LogP contribution in [0.4, 0.5) is 4.79 Å². The molecule has 0 spiro atoms. The topological polar surface area (TPSA) is 55.6 Å². The van der Waals surface area contributed by atoms with Crippen molar-refractivity contribution in [2.75, 3.05) is 6.54 Å². The van der Waals surface area contributed by atoms with E-state index in [-0.39, 0.29) is 6.09 Å². The van der Waals surface area contributed by atoms with E-state index >= 15 is 0 Å². The zero-order chi connectivity index (χ0) is 14.7. The van der Waals surface area contributed by atoms with Crippen LogP contribution in [0.25, 0.3) is 0 Å². The van der Waals surface area contributed by atoms with Gasteiger partial charge in [-0.2, -0.15) is 0 Å². The summed E-state index contributed by atoms with van der Waals surface area (Å²) in [6.07, 6.45) is 5.32. The Morgan fingerprint density at radius 3 is 2.48 bits per heavy atom. The summed E-state index contributed by atoms with van der Waals surface area (Å²) in [5.41, 5.74) is 6.86. The van der Waals surface area contributed by atoms with Crippen molar-refractivity contribution in [2.45, 2.75) is 50.8 Å². The average molecular weight is 288 g/mol. The number of nitrogens with two attached hydrogens (primary N) is 1. The molecule has 0 aliphatic carbocycles. The van der Waals surface area contributed by atoms with Gasteiger partial charge in [0.1, 0.15) is 6.61 Å². The van der Waals surface area contributed by atoms with Gasteiger partial charge in [-0.1, -0.05) is 30.3 Å². The van der Waals surface area contributed by atoms with Gasteiger partial charge in [0, 0.05) is 12.1 Å². The third kappa shape index (κ3) is 3.21. The molecule has 2 saturated heterocycles. The lowest BCUT2D eigenvalue weighted by Gasteiger charge is -2.47.